The molecule has 0 heterocycles. The molecule has 0 aliphatic heterocycles. The van der Waals surface area contributed by atoms with Crippen LogP contribution in [0.15, 0.2) is 0 Å². The zero-order chi connectivity index (χ0) is 5.54. The maximum atomic E-state index is 4.68. The lowest BCUT2D eigenvalue weighted by molar-refractivity contribution is 0.780. The fourth-order valence-corrected chi connectivity index (χ4v) is 1.09. The van der Waals surface area contributed by atoms with Crippen LogP contribution in [0, 0.1) is 0 Å². The average Bonchev–Trinajstić information content (AvgIpc) is 1.69. The van der Waals surface area contributed by atoms with Gasteiger partial charge in [0.15, 0.2) is 0 Å². The quantitative estimate of drug-likeness (QED) is 0.422. The van der Waals surface area contributed by atoms with Gasteiger partial charge in [-0.3, -0.25) is 0 Å². The number of rotatable bonds is 4. The van der Waals surface area contributed by atoms with Crippen molar-refractivity contribution >= 4 is 22.5 Å². The molecule has 0 N–H and O–H groups in total. The van der Waals surface area contributed by atoms with E-state index in [1.807, 2.05) is 0 Å². The summed E-state index contributed by atoms with van der Waals surface area (Å²) in [5, 5.41) is 0. The highest BCUT2D eigenvalue weighted by Gasteiger charge is 1.81. The van der Waals surface area contributed by atoms with Gasteiger partial charge in [-0.1, -0.05) is 30.6 Å². The first-order valence-electron chi connectivity index (χ1n) is 2.66. The van der Waals surface area contributed by atoms with Gasteiger partial charge in [0.05, 0.1) is 0 Å². The Morgan fingerprint density at radius 3 is 2.57 bits per heavy atom. The van der Waals surface area contributed by atoms with E-state index in [0.717, 1.165) is 5.75 Å². The zero-order valence-corrected chi connectivity index (χ0v) is 6.28. The van der Waals surface area contributed by atoms with E-state index in [2.05, 4.69) is 18.6 Å². The molecule has 0 atom stereocenters. The number of unbranched alkanes of at least 4 members (excludes halogenated alkanes) is 2. The van der Waals surface area contributed by atoms with Gasteiger partial charge >= 0.3 is 0 Å². The molecule has 0 fully saturated rings. The summed E-state index contributed by atoms with van der Waals surface area (Å²) in [7, 11) is 1.52. The maximum absolute atomic E-state index is 4.68. The molecule has 0 unspecified atom stereocenters. The van der Waals surface area contributed by atoms with Crippen molar-refractivity contribution < 1.29 is 0 Å². The second-order valence-corrected chi connectivity index (χ2v) is 2.88. The first kappa shape index (κ1) is 7.70. The predicted molar refractivity (Wildman–Crippen MR) is 39.6 cm³/mol. The van der Waals surface area contributed by atoms with Crippen molar-refractivity contribution in [2.75, 3.05) is 5.75 Å². The lowest BCUT2D eigenvalue weighted by Crippen LogP contribution is -1.73. The third-order valence-electron chi connectivity index (χ3n) is 0.831. The molecule has 0 aromatic heterocycles. The van der Waals surface area contributed by atoms with Crippen molar-refractivity contribution in [2.24, 2.45) is 0 Å². The first-order chi connectivity index (χ1) is 3.41. The second-order valence-electron chi connectivity index (χ2n) is 1.53. The molecule has 0 spiro atoms. The molecule has 7 heavy (non-hydrogen) atoms. The first-order valence-corrected chi connectivity index (χ1v) is 4.57. The summed E-state index contributed by atoms with van der Waals surface area (Å²) < 4.78 is 0. The van der Waals surface area contributed by atoms with Crippen molar-refractivity contribution in [3.05, 3.63) is 0 Å². The van der Waals surface area contributed by atoms with E-state index in [-0.39, 0.29) is 0 Å². The number of hydrogen-bond acceptors (Lipinski definition) is 1. The molecule has 0 bridgehead atoms. The summed E-state index contributed by atoms with van der Waals surface area (Å²) in [6.07, 6.45) is 3.93. The van der Waals surface area contributed by atoms with Crippen molar-refractivity contribution in [2.45, 2.75) is 26.2 Å². The van der Waals surface area contributed by atoms with E-state index >= 15 is 0 Å². The van der Waals surface area contributed by atoms with Gasteiger partial charge in [-0.15, -0.1) is 0 Å². The van der Waals surface area contributed by atoms with E-state index in [1.54, 1.807) is 0 Å². The number of hydrogen-bond donors (Lipinski definition) is 0. The highest BCUT2D eigenvalue weighted by Crippen LogP contribution is 2.08. The molecule has 2 heteroatoms. The monoisotopic (exact) mass is 135 g/mol. The maximum Gasteiger partial charge on any atom is 0.00454 e. The molecule has 43 valence electrons. The summed E-state index contributed by atoms with van der Waals surface area (Å²) in [6.45, 7) is 2.20. The van der Waals surface area contributed by atoms with Gasteiger partial charge in [-0.2, -0.15) is 0 Å². The highest BCUT2D eigenvalue weighted by atomic mass is 33.1. The second kappa shape index (κ2) is 6.70. The van der Waals surface area contributed by atoms with Crippen molar-refractivity contribution in [3.8, 4) is 0 Å². The largest absolute Gasteiger partial charge is 0.0817 e. The lowest BCUT2D eigenvalue weighted by Gasteiger charge is -1.89. The van der Waals surface area contributed by atoms with Crippen LogP contribution < -0.4 is 0 Å². The van der Waals surface area contributed by atoms with Gasteiger partial charge in [0.1, 0.15) is 0 Å². The molecule has 1 radical (unpaired) electrons. The van der Waals surface area contributed by atoms with E-state index < -0.39 is 0 Å². The third-order valence-corrected chi connectivity index (χ3v) is 1.79. The fraction of sp³-hybridized carbons (Fsp3) is 1.00. The van der Waals surface area contributed by atoms with Gasteiger partial charge in [0.25, 0.3) is 0 Å². The van der Waals surface area contributed by atoms with Crippen LogP contribution in [0.2, 0.25) is 0 Å². The molecule has 0 aliphatic rings. The van der Waals surface area contributed by atoms with Gasteiger partial charge in [0.2, 0.25) is 0 Å². The molecule has 0 nitrogen and oxygen atoms in total. The SMILES string of the molecule is CCCCCS[S]. The minimum Gasteiger partial charge on any atom is -0.0817 e. The third kappa shape index (κ3) is 6.70. The summed E-state index contributed by atoms with van der Waals surface area (Å²) in [4.78, 5) is 0. The van der Waals surface area contributed by atoms with E-state index in [1.165, 1.54) is 30.1 Å². The molecule has 0 aromatic carbocycles. The zero-order valence-electron chi connectivity index (χ0n) is 4.64. The predicted octanol–water partition coefficient (Wildman–Crippen LogP) is 3.02. The molecular weight excluding hydrogens is 124 g/mol. The van der Waals surface area contributed by atoms with E-state index in [0.29, 0.717) is 0 Å². The minimum absolute atomic E-state index is 1.16. The molecule has 0 aliphatic carbocycles. The smallest absolute Gasteiger partial charge is 0.00454 e. The fourth-order valence-electron chi connectivity index (χ4n) is 0.411. The lowest BCUT2D eigenvalue weighted by atomic mass is 10.3. The summed E-state index contributed by atoms with van der Waals surface area (Å²) in [5.41, 5.74) is 0. The Bertz CT molecular complexity index is 25.3. The van der Waals surface area contributed by atoms with Crippen LogP contribution in [0.1, 0.15) is 26.2 Å². The van der Waals surface area contributed by atoms with Gasteiger partial charge in [-0.05, 0) is 18.1 Å². The van der Waals surface area contributed by atoms with Crippen LogP contribution >= 0.6 is 22.5 Å². The Labute approximate surface area is 54.9 Å². The molecular formula is C5H11S2. The van der Waals surface area contributed by atoms with Crippen LogP contribution in [-0.4, -0.2) is 5.75 Å². The highest BCUT2D eigenvalue weighted by molar-refractivity contribution is 8.68. The van der Waals surface area contributed by atoms with E-state index in [9.17, 15) is 0 Å². The molecule has 0 saturated heterocycles. The van der Waals surface area contributed by atoms with Crippen molar-refractivity contribution in [1.29, 1.82) is 0 Å². The Kier molecular flexibility index (Phi) is 7.37. The molecule has 0 rings (SSSR count). The Morgan fingerprint density at radius 2 is 2.14 bits per heavy atom. The van der Waals surface area contributed by atoms with Crippen molar-refractivity contribution in [3.63, 3.8) is 0 Å². The van der Waals surface area contributed by atoms with Gasteiger partial charge in [0, 0.05) is 5.75 Å². The summed E-state index contributed by atoms with van der Waals surface area (Å²) in [6, 6.07) is 0. The summed E-state index contributed by atoms with van der Waals surface area (Å²) >= 11 is 4.68. The van der Waals surface area contributed by atoms with Crippen molar-refractivity contribution in [1.82, 2.24) is 0 Å². The topological polar surface area (TPSA) is 0 Å². The molecule has 0 amide bonds. The van der Waals surface area contributed by atoms with Crippen LogP contribution in [0.25, 0.3) is 0 Å². The standard InChI is InChI=1S/C5H11S2/c1-2-3-4-5-7-6/h2-5H2,1H3. The minimum atomic E-state index is 1.16. The Hall–Kier alpha value is 0.700. The molecule has 0 saturated carbocycles. The van der Waals surface area contributed by atoms with Gasteiger partial charge < -0.3 is 0 Å². The van der Waals surface area contributed by atoms with Crippen LogP contribution in [0.3, 0.4) is 0 Å². The average molecular weight is 135 g/mol. The summed E-state index contributed by atoms with van der Waals surface area (Å²) in [5.74, 6) is 1.16. The van der Waals surface area contributed by atoms with Crippen LogP contribution in [-0.2, 0) is 0 Å². The normalized spacial score (nSPS) is 9.43. The van der Waals surface area contributed by atoms with Crippen LogP contribution in [0.4, 0.5) is 0 Å². The van der Waals surface area contributed by atoms with E-state index in [4.69, 9.17) is 0 Å². The molecule has 0 aromatic rings. The Morgan fingerprint density at radius 1 is 1.43 bits per heavy atom. The van der Waals surface area contributed by atoms with Gasteiger partial charge in [-0.25, -0.2) is 0 Å². The van der Waals surface area contributed by atoms with Crippen LogP contribution in [0.5, 0.6) is 0 Å². The Balaban J connectivity index is 2.45.